The van der Waals surface area contributed by atoms with Gasteiger partial charge in [0.05, 0.1) is 6.61 Å². The minimum atomic E-state index is 0.149. The molecular formula is C17H25NO. The molecule has 1 saturated carbocycles. The van der Waals surface area contributed by atoms with E-state index in [1.165, 1.54) is 36.8 Å². The van der Waals surface area contributed by atoms with Gasteiger partial charge in [0, 0.05) is 11.6 Å². The van der Waals surface area contributed by atoms with Gasteiger partial charge in [-0.15, -0.1) is 0 Å². The molecule has 1 fully saturated rings. The first-order valence-corrected chi connectivity index (χ1v) is 7.76. The number of hydrogen-bond donors (Lipinski definition) is 1. The minimum Gasteiger partial charge on any atom is -0.493 e. The maximum absolute atomic E-state index is 6.58. The molecule has 1 aliphatic carbocycles. The van der Waals surface area contributed by atoms with Gasteiger partial charge in [0.1, 0.15) is 5.75 Å². The molecule has 0 amide bonds. The van der Waals surface area contributed by atoms with Crippen LogP contribution >= 0.6 is 0 Å². The van der Waals surface area contributed by atoms with Gasteiger partial charge in [-0.25, -0.2) is 0 Å². The van der Waals surface area contributed by atoms with Gasteiger partial charge in [-0.1, -0.05) is 38.0 Å². The normalized spacial score (nSPS) is 28.3. The molecule has 19 heavy (non-hydrogen) atoms. The molecule has 2 heteroatoms. The molecule has 0 bridgehead atoms. The topological polar surface area (TPSA) is 35.2 Å². The third-order valence-electron chi connectivity index (χ3n) is 4.81. The zero-order valence-electron chi connectivity index (χ0n) is 11.9. The van der Waals surface area contributed by atoms with E-state index in [-0.39, 0.29) is 6.04 Å². The zero-order valence-corrected chi connectivity index (χ0v) is 11.9. The molecule has 1 aromatic rings. The molecule has 1 aromatic carbocycles. The number of nitrogens with two attached hydrogens (primary N) is 1. The van der Waals surface area contributed by atoms with Gasteiger partial charge in [0.2, 0.25) is 0 Å². The molecule has 1 heterocycles. The van der Waals surface area contributed by atoms with Gasteiger partial charge in [-0.05, 0) is 43.1 Å². The van der Waals surface area contributed by atoms with E-state index in [1.807, 2.05) is 0 Å². The number of para-hydroxylation sites is 1. The van der Waals surface area contributed by atoms with Crippen LogP contribution in [-0.2, 0) is 6.42 Å². The molecule has 1 aliphatic heterocycles. The Hall–Kier alpha value is -1.02. The second-order valence-corrected chi connectivity index (χ2v) is 6.35. The highest BCUT2D eigenvalue weighted by Crippen LogP contribution is 2.40. The van der Waals surface area contributed by atoms with Crippen LogP contribution < -0.4 is 10.5 Å². The van der Waals surface area contributed by atoms with Gasteiger partial charge in [0.25, 0.3) is 0 Å². The van der Waals surface area contributed by atoms with Gasteiger partial charge >= 0.3 is 0 Å². The molecule has 3 unspecified atom stereocenters. The van der Waals surface area contributed by atoms with E-state index < -0.39 is 0 Å². The quantitative estimate of drug-likeness (QED) is 0.876. The second kappa shape index (κ2) is 5.54. The maximum atomic E-state index is 6.58. The van der Waals surface area contributed by atoms with E-state index in [0.29, 0.717) is 5.92 Å². The van der Waals surface area contributed by atoms with Crippen LogP contribution in [0.25, 0.3) is 0 Å². The summed E-state index contributed by atoms with van der Waals surface area (Å²) in [5, 5.41) is 0. The lowest BCUT2D eigenvalue weighted by Crippen LogP contribution is -2.27. The van der Waals surface area contributed by atoms with Crippen molar-refractivity contribution < 1.29 is 4.74 Å². The second-order valence-electron chi connectivity index (χ2n) is 6.35. The summed E-state index contributed by atoms with van der Waals surface area (Å²) in [6.45, 7) is 3.20. The van der Waals surface area contributed by atoms with E-state index in [0.717, 1.165) is 31.1 Å². The van der Waals surface area contributed by atoms with E-state index in [9.17, 15) is 0 Å². The summed E-state index contributed by atoms with van der Waals surface area (Å²) in [5.41, 5.74) is 9.17. The Kier molecular flexibility index (Phi) is 3.79. The van der Waals surface area contributed by atoms with Crippen molar-refractivity contribution >= 4 is 0 Å². The Morgan fingerprint density at radius 1 is 1.26 bits per heavy atom. The molecule has 0 aromatic heterocycles. The van der Waals surface area contributed by atoms with Crippen LogP contribution in [0.3, 0.4) is 0 Å². The van der Waals surface area contributed by atoms with E-state index >= 15 is 0 Å². The summed E-state index contributed by atoms with van der Waals surface area (Å²) < 4.78 is 5.91. The lowest BCUT2D eigenvalue weighted by molar-refractivity contribution is 0.237. The number of benzene rings is 1. The Morgan fingerprint density at radius 2 is 2.16 bits per heavy atom. The van der Waals surface area contributed by atoms with Crippen LogP contribution in [-0.4, -0.2) is 6.61 Å². The van der Waals surface area contributed by atoms with Crippen molar-refractivity contribution in [3.8, 4) is 5.75 Å². The third kappa shape index (κ3) is 2.64. The minimum absolute atomic E-state index is 0.149. The fourth-order valence-corrected chi connectivity index (χ4v) is 3.74. The number of aryl methyl sites for hydroxylation is 1. The van der Waals surface area contributed by atoms with Gasteiger partial charge in [-0.3, -0.25) is 0 Å². The predicted octanol–water partition coefficient (Wildman–Crippen LogP) is 3.84. The Bertz CT molecular complexity index is 443. The number of rotatable bonds is 2. The highest BCUT2D eigenvalue weighted by Gasteiger charge is 2.28. The van der Waals surface area contributed by atoms with Crippen molar-refractivity contribution in [3.63, 3.8) is 0 Å². The Labute approximate surface area is 116 Å². The van der Waals surface area contributed by atoms with Crippen LogP contribution in [0.4, 0.5) is 0 Å². The van der Waals surface area contributed by atoms with E-state index in [1.54, 1.807) is 0 Å². The summed E-state index contributed by atoms with van der Waals surface area (Å²) >= 11 is 0. The van der Waals surface area contributed by atoms with Gasteiger partial charge < -0.3 is 10.5 Å². The monoisotopic (exact) mass is 259 g/mol. The molecule has 2 aliphatic rings. The summed E-state index contributed by atoms with van der Waals surface area (Å²) in [6, 6.07) is 6.66. The summed E-state index contributed by atoms with van der Waals surface area (Å²) in [7, 11) is 0. The van der Waals surface area contributed by atoms with Crippen LogP contribution in [0.1, 0.15) is 56.2 Å². The fourth-order valence-electron chi connectivity index (χ4n) is 3.74. The van der Waals surface area contributed by atoms with Crippen LogP contribution in [0.15, 0.2) is 18.2 Å². The Morgan fingerprint density at radius 3 is 3.00 bits per heavy atom. The van der Waals surface area contributed by atoms with Crippen molar-refractivity contribution in [2.24, 2.45) is 17.6 Å². The molecular weight excluding hydrogens is 234 g/mol. The molecule has 3 atom stereocenters. The Balaban J connectivity index is 1.84. The summed E-state index contributed by atoms with van der Waals surface area (Å²) in [4.78, 5) is 0. The first kappa shape index (κ1) is 13.0. The molecule has 3 rings (SSSR count). The van der Waals surface area contributed by atoms with Crippen molar-refractivity contribution in [1.82, 2.24) is 0 Å². The molecule has 0 saturated heterocycles. The zero-order chi connectivity index (χ0) is 13.2. The first-order valence-electron chi connectivity index (χ1n) is 7.76. The van der Waals surface area contributed by atoms with Crippen LogP contribution in [0.2, 0.25) is 0 Å². The largest absolute Gasteiger partial charge is 0.493 e. The highest BCUT2D eigenvalue weighted by atomic mass is 16.5. The number of ether oxygens (including phenoxy) is 1. The van der Waals surface area contributed by atoms with E-state index in [2.05, 4.69) is 25.1 Å². The molecule has 2 N–H and O–H groups in total. The lowest BCUT2D eigenvalue weighted by Gasteiger charge is -2.33. The molecule has 0 radical (unpaired) electrons. The van der Waals surface area contributed by atoms with Crippen LogP contribution in [0.5, 0.6) is 5.75 Å². The van der Waals surface area contributed by atoms with E-state index in [4.69, 9.17) is 10.5 Å². The average molecular weight is 259 g/mol. The standard InChI is InChI=1S/C17H25NO/c1-12-5-2-7-14(11-12)16(18)15-9-3-6-13-8-4-10-19-17(13)15/h3,6,9,12,14,16H,2,4-5,7-8,10-11,18H2,1H3. The number of hydrogen-bond acceptors (Lipinski definition) is 2. The summed E-state index contributed by atoms with van der Waals surface area (Å²) in [6.07, 6.45) is 7.51. The van der Waals surface area contributed by atoms with Crippen molar-refractivity contribution in [3.05, 3.63) is 29.3 Å². The fraction of sp³-hybridized carbons (Fsp3) is 0.647. The number of fused-ring (bicyclic) bond motifs is 1. The predicted molar refractivity (Wildman–Crippen MR) is 78.3 cm³/mol. The SMILES string of the molecule is CC1CCCC(C(N)c2cccc3c2OCCC3)C1. The smallest absolute Gasteiger partial charge is 0.127 e. The first-order chi connectivity index (χ1) is 9.25. The van der Waals surface area contributed by atoms with Crippen molar-refractivity contribution in [2.75, 3.05) is 6.61 Å². The molecule has 0 spiro atoms. The maximum Gasteiger partial charge on any atom is 0.127 e. The lowest BCUT2D eigenvalue weighted by atomic mass is 9.76. The van der Waals surface area contributed by atoms with Crippen molar-refractivity contribution in [1.29, 1.82) is 0 Å². The van der Waals surface area contributed by atoms with Crippen molar-refractivity contribution in [2.45, 2.75) is 51.5 Å². The van der Waals surface area contributed by atoms with Gasteiger partial charge in [0.15, 0.2) is 0 Å². The average Bonchev–Trinajstić information content (AvgIpc) is 2.46. The summed E-state index contributed by atoms with van der Waals surface area (Å²) in [5.74, 6) is 2.55. The molecule has 104 valence electrons. The van der Waals surface area contributed by atoms with Gasteiger partial charge in [-0.2, -0.15) is 0 Å². The van der Waals surface area contributed by atoms with Crippen LogP contribution in [0, 0.1) is 11.8 Å². The highest BCUT2D eigenvalue weighted by molar-refractivity contribution is 5.44. The molecule has 2 nitrogen and oxygen atoms in total. The third-order valence-corrected chi connectivity index (χ3v) is 4.81.